The second kappa shape index (κ2) is 9.40. The first-order valence-corrected chi connectivity index (χ1v) is 12.2. The normalized spacial score (nSPS) is 14.3. The molecule has 166 valence electrons. The van der Waals surface area contributed by atoms with Gasteiger partial charge in [-0.15, -0.1) is 0 Å². The van der Waals surface area contributed by atoms with Crippen LogP contribution in [-0.4, -0.2) is 45.4 Å². The van der Waals surface area contributed by atoms with Crippen LogP contribution < -0.4 is 9.62 Å². The molecule has 1 fully saturated rings. The van der Waals surface area contributed by atoms with Crippen molar-refractivity contribution < 1.29 is 13.2 Å². The molecule has 0 aromatic heterocycles. The minimum atomic E-state index is -3.77. The van der Waals surface area contributed by atoms with Crippen LogP contribution in [-0.2, 0) is 10.0 Å². The standard InChI is InChI=1S/C23H21Cl2N3O3S/c24-17-5-4-6-19(15-17)27-11-13-28(14-12-27)23(29)21-16-18(9-10-22(21)25)26-32(30,31)20-7-2-1-3-8-20/h1-10,15-16,26H,11-14H2. The van der Waals surface area contributed by atoms with Gasteiger partial charge in [0.15, 0.2) is 0 Å². The first-order chi connectivity index (χ1) is 15.3. The molecule has 6 nitrogen and oxygen atoms in total. The van der Waals surface area contributed by atoms with Crippen LogP contribution in [0.5, 0.6) is 0 Å². The number of hydrogen-bond acceptors (Lipinski definition) is 4. The Morgan fingerprint density at radius 1 is 0.844 bits per heavy atom. The summed E-state index contributed by atoms with van der Waals surface area (Å²) >= 11 is 12.4. The van der Waals surface area contributed by atoms with Gasteiger partial charge < -0.3 is 9.80 Å². The molecule has 1 N–H and O–H groups in total. The van der Waals surface area contributed by atoms with Gasteiger partial charge in [0.05, 0.1) is 15.5 Å². The second-order valence-electron chi connectivity index (χ2n) is 7.37. The van der Waals surface area contributed by atoms with Crippen molar-refractivity contribution in [1.29, 1.82) is 0 Å². The Kier molecular flexibility index (Phi) is 6.60. The number of carbonyl (C=O) groups excluding carboxylic acids is 1. The summed E-state index contributed by atoms with van der Waals surface area (Å²) in [7, 11) is -3.77. The van der Waals surface area contributed by atoms with Gasteiger partial charge in [0, 0.05) is 42.6 Å². The fraction of sp³-hybridized carbons (Fsp3) is 0.174. The first-order valence-electron chi connectivity index (χ1n) is 10.0. The van der Waals surface area contributed by atoms with Gasteiger partial charge >= 0.3 is 0 Å². The molecule has 3 aromatic carbocycles. The number of nitrogens with zero attached hydrogens (tertiary/aromatic N) is 2. The highest BCUT2D eigenvalue weighted by Gasteiger charge is 2.25. The number of amides is 1. The maximum absolute atomic E-state index is 13.1. The van der Waals surface area contributed by atoms with Crippen molar-refractivity contribution in [2.75, 3.05) is 35.8 Å². The van der Waals surface area contributed by atoms with Gasteiger partial charge in [-0.3, -0.25) is 9.52 Å². The summed E-state index contributed by atoms with van der Waals surface area (Å²) < 4.78 is 27.7. The minimum Gasteiger partial charge on any atom is -0.368 e. The van der Waals surface area contributed by atoms with Gasteiger partial charge in [0.25, 0.3) is 15.9 Å². The lowest BCUT2D eigenvalue weighted by atomic mass is 10.1. The van der Waals surface area contributed by atoms with Crippen molar-refractivity contribution in [3.05, 3.63) is 88.4 Å². The Balaban J connectivity index is 1.47. The topological polar surface area (TPSA) is 69.7 Å². The summed E-state index contributed by atoms with van der Waals surface area (Å²) in [6.45, 7) is 2.34. The zero-order valence-corrected chi connectivity index (χ0v) is 19.4. The van der Waals surface area contributed by atoms with Gasteiger partial charge in [0.2, 0.25) is 0 Å². The van der Waals surface area contributed by atoms with Crippen molar-refractivity contribution in [3.8, 4) is 0 Å². The molecule has 0 saturated carbocycles. The highest BCUT2D eigenvalue weighted by Crippen LogP contribution is 2.26. The molecule has 1 amide bonds. The van der Waals surface area contributed by atoms with Gasteiger partial charge in [-0.05, 0) is 48.5 Å². The lowest BCUT2D eigenvalue weighted by Gasteiger charge is -2.36. The summed E-state index contributed by atoms with van der Waals surface area (Å²) in [5.74, 6) is -0.235. The van der Waals surface area contributed by atoms with Gasteiger partial charge in [-0.1, -0.05) is 47.5 Å². The molecule has 1 saturated heterocycles. The zero-order chi connectivity index (χ0) is 22.7. The number of anilines is 2. The van der Waals surface area contributed by atoms with Crippen LogP contribution in [0.2, 0.25) is 10.0 Å². The van der Waals surface area contributed by atoms with Crippen molar-refractivity contribution in [2.24, 2.45) is 0 Å². The van der Waals surface area contributed by atoms with Crippen LogP contribution in [0.15, 0.2) is 77.7 Å². The summed E-state index contributed by atoms with van der Waals surface area (Å²) in [6, 6.07) is 20.2. The van der Waals surface area contributed by atoms with E-state index in [4.69, 9.17) is 23.2 Å². The molecule has 9 heteroatoms. The third-order valence-corrected chi connectivity index (χ3v) is 7.20. The highest BCUT2D eigenvalue weighted by atomic mass is 35.5. The van der Waals surface area contributed by atoms with Crippen molar-refractivity contribution >= 4 is 50.5 Å². The summed E-state index contributed by atoms with van der Waals surface area (Å²) in [5, 5.41) is 0.942. The van der Waals surface area contributed by atoms with Crippen LogP contribution in [0.25, 0.3) is 0 Å². The van der Waals surface area contributed by atoms with Gasteiger partial charge in [-0.25, -0.2) is 8.42 Å². The van der Waals surface area contributed by atoms with Crippen LogP contribution in [0.1, 0.15) is 10.4 Å². The van der Waals surface area contributed by atoms with E-state index in [0.29, 0.717) is 31.2 Å². The minimum absolute atomic E-state index is 0.139. The molecule has 0 unspecified atom stereocenters. The van der Waals surface area contributed by atoms with Gasteiger partial charge in [-0.2, -0.15) is 0 Å². The first kappa shape index (κ1) is 22.5. The Morgan fingerprint density at radius 2 is 1.56 bits per heavy atom. The number of piperazine rings is 1. The third-order valence-electron chi connectivity index (χ3n) is 5.24. The Morgan fingerprint density at radius 3 is 2.25 bits per heavy atom. The van der Waals surface area contributed by atoms with Crippen molar-refractivity contribution in [2.45, 2.75) is 4.90 Å². The Hall–Kier alpha value is -2.74. The molecule has 4 rings (SSSR count). The number of carbonyl (C=O) groups is 1. The summed E-state index contributed by atoms with van der Waals surface area (Å²) in [4.78, 5) is 17.2. The Labute approximate surface area is 197 Å². The number of benzene rings is 3. The zero-order valence-electron chi connectivity index (χ0n) is 17.0. The molecule has 1 aliphatic rings. The third kappa shape index (κ3) is 5.01. The highest BCUT2D eigenvalue weighted by molar-refractivity contribution is 7.92. The summed E-state index contributed by atoms with van der Waals surface area (Å²) in [6.07, 6.45) is 0. The predicted octanol–water partition coefficient (Wildman–Crippen LogP) is 4.76. The fourth-order valence-electron chi connectivity index (χ4n) is 3.58. The molecule has 0 atom stereocenters. The molecule has 0 aliphatic carbocycles. The molecular weight excluding hydrogens is 469 g/mol. The lowest BCUT2D eigenvalue weighted by molar-refractivity contribution is 0.0747. The molecule has 0 bridgehead atoms. The number of sulfonamides is 1. The van der Waals surface area contributed by atoms with Crippen LogP contribution in [0.3, 0.4) is 0 Å². The maximum atomic E-state index is 13.1. The van der Waals surface area contributed by atoms with Crippen molar-refractivity contribution in [3.63, 3.8) is 0 Å². The Bertz CT molecular complexity index is 1230. The summed E-state index contributed by atoms with van der Waals surface area (Å²) in [5.41, 5.74) is 1.55. The molecule has 1 aliphatic heterocycles. The molecule has 0 spiro atoms. The number of hydrogen-bond donors (Lipinski definition) is 1. The average Bonchev–Trinajstić information content (AvgIpc) is 2.80. The van der Waals surface area contributed by atoms with E-state index in [2.05, 4.69) is 9.62 Å². The van der Waals surface area contributed by atoms with Crippen molar-refractivity contribution in [1.82, 2.24) is 4.90 Å². The number of rotatable bonds is 5. The van der Waals surface area contributed by atoms with E-state index in [9.17, 15) is 13.2 Å². The molecule has 32 heavy (non-hydrogen) atoms. The largest absolute Gasteiger partial charge is 0.368 e. The average molecular weight is 490 g/mol. The van der Waals surface area contributed by atoms with E-state index < -0.39 is 10.0 Å². The fourth-order valence-corrected chi connectivity index (χ4v) is 5.03. The van der Waals surface area contributed by atoms with E-state index in [1.165, 1.54) is 30.3 Å². The maximum Gasteiger partial charge on any atom is 0.261 e. The molecule has 0 radical (unpaired) electrons. The van der Waals surface area contributed by atoms with Crippen LogP contribution in [0.4, 0.5) is 11.4 Å². The lowest BCUT2D eigenvalue weighted by Crippen LogP contribution is -2.48. The second-order valence-corrected chi connectivity index (χ2v) is 9.90. The van der Waals surface area contributed by atoms with E-state index >= 15 is 0 Å². The quantitative estimate of drug-likeness (QED) is 0.560. The monoisotopic (exact) mass is 489 g/mol. The predicted molar refractivity (Wildman–Crippen MR) is 128 cm³/mol. The van der Waals surface area contributed by atoms with Crippen LogP contribution >= 0.6 is 23.2 Å². The van der Waals surface area contributed by atoms with E-state index in [1.807, 2.05) is 24.3 Å². The number of nitrogens with one attached hydrogen (secondary N) is 1. The number of halogens is 2. The molecule has 1 heterocycles. The molecule has 3 aromatic rings. The smallest absolute Gasteiger partial charge is 0.261 e. The molecular formula is C23H21Cl2N3O3S. The SMILES string of the molecule is O=C(c1cc(NS(=O)(=O)c2ccccc2)ccc1Cl)N1CCN(c2cccc(Cl)c2)CC1. The van der Waals surface area contributed by atoms with E-state index in [-0.39, 0.29) is 27.1 Å². The van der Waals surface area contributed by atoms with E-state index in [1.54, 1.807) is 23.1 Å². The van der Waals surface area contributed by atoms with Gasteiger partial charge in [0.1, 0.15) is 0 Å². The van der Waals surface area contributed by atoms with E-state index in [0.717, 1.165) is 5.69 Å². The van der Waals surface area contributed by atoms with Crippen LogP contribution in [0, 0.1) is 0 Å².